The van der Waals surface area contributed by atoms with Crippen molar-refractivity contribution in [1.82, 2.24) is 15.6 Å². The van der Waals surface area contributed by atoms with Gasteiger partial charge < -0.3 is 20.8 Å². The number of unbranched alkanes of at least 4 members (excludes halogenated alkanes) is 1. The van der Waals surface area contributed by atoms with Gasteiger partial charge >= 0.3 is 6.09 Å². The second-order valence-corrected chi connectivity index (χ2v) is 4.72. The number of carbonyl (C=O) groups excluding carboxylic acids is 1. The number of hydrogen-bond acceptors (Lipinski definition) is 4. The summed E-state index contributed by atoms with van der Waals surface area (Å²) in [4.78, 5) is 26.5. The maximum Gasteiger partial charge on any atom is 0.404 e. The van der Waals surface area contributed by atoms with E-state index in [1.807, 2.05) is 6.92 Å². The summed E-state index contributed by atoms with van der Waals surface area (Å²) < 4.78 is 0. The van der Waals surface area contributed by atoms with Crippen molar-refractivity contribution in [3.05, 3.63) is 30.1 Å². The summed E-state index contributed by atoms with van der Waals surface area (Å²) in [6.45, 7) is 2.18. The second-order valence-electron chi connectivity index (χ2n) is 4.72. The zero-order chi connectivity index (χ0) is 15.7. The molecular weight excluding hydrogens is 274 g/mol. The van der Waals surface area contributed by atoms with Gasteiger partial charge in [0.1, 0.15) is 0 Å². The summed E-state index contributed by atoms with van der Waals surface area (Å²) in [5.41, 5.74) is 0.800. The monoisotopic (exact) mass is 295 g/mol. The molecule has 1 aromatic heterocycles. The van der Waals surface area contributed by atoms with E-state index in [1.54, 1.807) is 24.5 Å². The molecular formula is C14H21N3O4. The molecule has 0 aliphatic rings. The fourth-order valence-electron chi connectivity index (χ4n) is 1.87. The molecule has 0 radical (unpaired) electrons. The van der Waals surface area contributed by atoms with Crippen LogP contribution in [0.2, 0.25) is 0 Å². The minimum atomic E-state index is -1.41. The van der Waals surface area contributed by atoms with E-state index in [0.29, 0.717) is 6.42 Å². The number of carbonyl (C=O) groups is 2. The fraction of sp³-hybridized carbons (Fsp3) is 0.500. The number of amides is 2. The molecule has 0 saturated carbocycles. The van der Waals surface area contributed by atoms with Crippen molar-refractivity contribution in [2.45, 2.75) is 44.9 Å². The normalized spacial score (nSPS) is 13.2. The van der Waals surface area contributed by atoms with E-state index in [-0.39, 0.29) is 6.54 Å². The highest BCUT2D eigenvalue weighted by molar-refractivity contribution is 5.82. The quantitative estimate of drug-likeness (QED) is 0.569. The third kappa shape index (κ3) is 6.22. The van der Waals surface area contributed by atoms with E-state index in [0.717, 1.165) is 18.4 Å². The molecule has 21 heavy (non-hydrogen) atoms. The zero-order valence-electron chi connectivity index (χ0n) is 12.0. The molecule has 0 aliphatic heterocycles. The van der Waals surface area contributed by atoms with Gasteiger partial charge in [-0.3, -0.25) is 9.78 Å². The molecule has 0 bridgehead atoms. The Kier molecular flexibility index (Phi) is 7.17. The third-order valence-electron chi connectivity index (χ3n) is 3.02. The lowest BCUT2D eigenvalue weighted by molar-refractivity contribution is -0.130. The maximum atomic E-state index is 11.9. The first-order chi connectivity index (χ1) is 10.0. The molecule has 0 spiro atoms. The number of rotatable bonds is 8. The summed E-state index contributed by atoms with van der Waals surface area (Å²) in [7, 11) is 0. The number of aliphatic hydroxyl groups excluding tert-OH is 1. The van der Waals surface area contributed by atoms with E-state index in [1.165, 1.54) is 0 Å². The number of carboxylic acid groups (broad SMARTS) is 1. The number of nitrogens with zero attached hydrogens (tertiary/aromatic N) is 1. The summed E-state index contributed by atoms with van der Waals surface area (Å²) in [5, 5.41) is 23.5. The summed E-state index contributed by atoms with van der Waals surface area (Å²) in [6.07, 6.45) is 2.54. The van der Waals surface area contributed by atoms with Gasteiger partial charge in [-0.15, -0.1) is 0 Å². The first kappa shape index (κ1) is 16.9. The van der Waals surface area contributed by atoms with Crippen molar-refractivity contribution in [2.24, 2.45) is 0 Å². The van der Waals surface area contributed by atoms with Gasteiger partial charge in [-0.05, 0) is 18.1 Å². The van der Waals surface area contributed by atoms with E-state index >= 15 is 0 Å². The molecule has 2 atom stereocenters. The number of aromatic nitrogens is 1. The van der Waals surface area contributed by atoms with Crippen molar-refractivity contribution in [3.8, 4) is 0 Å². The average Bonchev–Trinajstić information content (AvgIpc) is 2.49. The molecule has 0 aromatic carbocycles. The molecule has 0 unspecified atom stereocenters. The molecule has 2 amide bonds. The molecule has 0 aliphatic carbocycles. The van der Waals surface area contributed by atoms with Crippen LogP contribution in [0.25, 0.3) is 0 Å². The van der Waals surface area contributed by atoms with Crippen LogP contribution in [0.4, 0.5) is 4.79 Å². The standard InChI is InChI=1S/C14H21N3O4/c1-2-3-6-11(17-14(20)21)12(18)13(19)16-9-10-5-4-7-15-8-10/h4-5,7-8,11-12,17-18H,2-3,6,9H2,1H3,(H,16,19)(H,20,21)/t11-,12+/m0/s1. The molecule has 1 rings (SSSR count). The van der Waals surface area contributed by atoms with E-state index in [2.05, 4.69) is 15.6 Å². The summed E-state index contributed by atoms with van der Waals surface area (Å²) in [5.74, 6) is -0.603. The van der Waals surface area contributed by atoms with Gasteiger partial charge in [0.05, 0.1) is 6.04 Å². The third-order valence-corrected chi connectivity index (χ3v) is 3.02. The lowest BCUT2D eigenvalue weighted by Gasteiger charge is -2.22. The molecule has 1 heterocycles. The van der Waals surface area contributed by atoms with Gasteiger partial charge in [0, 0.05) is 18.9 Å². The predicted octanol–water partition coefficient (Wildman–Crippen LogP) is 0.885. The SMILES string of the molecule is CCCC[C@H](NC(=O)O)[C@@H](O)C(=O)NCc1cccnc1. The van der Waals surface area contributed by atoms with Crippen molar-refractivity contribution in [2.75, 3.05) is 0 Å². The number of nitrogens with one attached hydrogen (secondary N) is 2. The molecule has 4 N–H and O–H groups in total. The highest BCUT2D eigenvalue weighted by Gasteiger charge is 2.26. The number of pyridine rings is 1. The van der Waals surface area contributed by atoms with Crippen LogP contribution in [0.15, 0.2) is 24.5 Å². The Morgan fingerprint density at radius 3 is 2.76 bits per heavy atom. The van der Waals surface area contributed by atoms with Crippen molar-refractivity contribution in [3.63, 3.8) is 0 Å². The Labute approximate surface area is 123 Å². The van der Waals surface area contributed by atoms with Gasteiger partial charge in [-0.25, -0.2) is 4.79 Å². The second kappa shape index (κ2) is 8.91. The number of hydrogen-bond donors (Lipinski definition) is 4. The Bertz CT molecular complexity index is 453. The Balaban J connectivity index is 2.54. The van der Waals surface area contributed by atoms with Crippen LogP contribution >= 0.6 is 0 Å². The van der Waals surface area contributed by atoms with Gasteiger partial charge in [-0.2, -0.15) is 0 Å². The molecule has 0 fully saturated rings. The highest BCUT2D eigenvalue weighted by Crippen LogP contribution is 2.06. The molecule has 7 nitrogen and oxygen atoms in total. The van der Waals surface area contributed by atoms with Crippen LogP contribution in [0.3, 0.4) is 0 Å². The lowest BCUT2D eigenvalue weighted by atomic mass is 10.0. The average molecular weight is 295 g/mol. The van der Waals surface area contributed by atoms with Crippen molar-refractivity contribution >= 4 is 12.0 Å². The van der Waals surface area contributed by atoms with Gasteiger partial charge in [0.15, 0.2) is 6.10 Å². The van der Waals surface area contributed by atoms with Crippen LogP contribution in [-0.2, 0) is 11.3 Å². The van der Waals surface area contributed by atoms with Crippen LogP contribution in [-0.4, -0.2) is 39.3 Å². The van der Waals surface area contributed by atoms with E-state index in [9.17, 15) is 14.7 Å². The Morgan fingerprint density at radius 1 is 1.43 bits per heavy atom. The molecule has 1 aromatic rings. The molecule has 116 valence electrons. The van der Waals surface area contributed by atoms with E-state index in [4.69, 9.17) is 5.11 Å². The molecule has 0 saturated heterocycles. The summed E-state index contributed by atoms with van der Waals surface area (Å²) in [6, 6.07) is 2.73. The minimum Gasteiger partial charge on any atom is -0.465 e. The zero-order valence-corrected chi connectivity index (χ0v) is 12.0. The van der Waals surface area contributed by atoms with Crippen LogP contribution in [0.1, 0.15) is 31.7 Å². The first-order valence-corrected chi connectivity index (χ1v) is 6.88. The first-order valence-electron chi connectivity index (χ1n) is 6.88. The van der Waals surface area contributed by atoms with Gasteiger partial charge in [-0.1, -0.05) is 25.8 Å². The maximum absolute atomic E-state index is 11.9. The van der Waals surface area contributed by atoms with Crippen LogP contribution in [0.5, 0.6) is 0 Å². The number of aliphatic hydroxyl groups is 1. The topological polar surface area (TPSA) is 112 Å². The van der Waals surface area contributed by atoms with Gasteiger partial charge in [0.25, 0.3) is 5.91 Å². The van der Waals surface area contributed by atoms with Gasteiger partial charge in [0.2, 0.25) is 0 Å². The van der Waals surface area contributed by atoms with Crippen molar-refractivity contribution < 1.29 is 19.8 Å². The predicted molar refractivity (Wildman–Crippen MR) is 76.6 cm³/mol. The fourth-order valence-corrected chi connectivity index (χ4v) is 1.87. The largest absolute Gasteiger partial charge is 0.465 e. The lowest BCUT2D eigenvalue weighted by Crippen LogP contribution is -2.50. The Hall–Kier alpha value is -2.15. The molecule has 7 heteroatoms. The minimum absolute atomic E-state index is 0.233. The van der Waals surface area contributed by atoms with Crippen LogP contribution < -0.4 is 10.6 Å². The highest BCUT2D eigenvalue weighted by atomic mass is 16.4. The van der Waals surface area contributed by atoms with E-state index < -0.39 is 24.1 Å². The smallest absolute Gasteiger partial charge is 0.404 e. The van der Waals surface area contributed by atoms with Crippen molar-refractivity contribution in [1.29, 1.82) is 0 Å². The van der Waals surface area contributed by atoms with Crippen LogP contribution in [0, 0.1) is 0 Å². The Morgan fingerprint density at radius 2 is 2.19 bits per heavy atom. The summed E-state index contributed by atoms with van der Waals surface area (Å²) >= 11 is 0.